The van der Waals surface area contributed by atoms with Gasteiger partial charge >= 0.3 is 0 Å². The maximum absolute atomic E-state index is 7.24. The minimum Gasteiger partial charge on any atom is -0.388 e. The predicted molar refractivity (Wildman–Crippen MR) is 63.1 cm³/mol. The summed E-state index contributed by atoms with van der Waals surface area (Å²) >= 11 is 0. The molecule has 0 fully saturated rings. The summed E-state index contributed by atoms with van der Waals surface area (Å²) in [7, 11) is 1.88. The summed E-state index contributed by atoms with van der Waals surface area (Å²) in [4.78, 5) is 6.42. The summed E-state index contributed by atoms with van der Waals surface area (Å²) in [6.07, 6.45) is 2.15. The van der Waals surface area contributed by atoms with Crippen LogP contribution in [0.25, 0.3) is 0 Å². The van der Waals surface area contributed by atoms with E-state index in [9.17, 15) is 0 Å². The van der Waals surface area contributed by atoms with Gasteiger partial charge in [-0.3, -0.25) is 15.0 Å². The van der Waals surface area contributed by atoms with Crippen molar-refractivity contribution < 1.29 is 0 Å². The third-order valence-electron chi connectivity index (χ3n) is 2.55. The first-order valence-electron chi connectivity index (χ1n) is 5.40. The number of aromatic nitrogens is 3. The third-order valence-corrected chi connectivity index (χ3v) is 2.55. The van der Waals surface area contributed by atoms with Crippen molar-refractivity contribution in [3.05, 3.63) is 12.2 Å². The molecule has 6 heteroatoms. The summed E-state index contributed by atoms with van der Waals surface area (Å²) in [6, 6.07) is 0.399. The number of rotatable bonds is 6. The topological polar surface area (TPSA) is 83.8 Å². The number of amidine groups is 1. The van der Waals surface area contributed by atoms with Crippen molar-refractivity contribution in [3.63, 3.8) is 0 Å². The Labute approximate surface area is 96.0 Å². The molecule has 1 heterocycles. The van der Waals surface area contributed by atoms with E-state index in [0.29, 0.717) is 12.5 Å². The molecule has 0 atom stereocenters. The van der Waals surface area contributed by atoms with E-state index in [0.717, 1.165) is 18.9 Å². The quantitative estimate of drug-likeness (QED) is 0.539. The standard InChI is InChI=1S/C10H20N6/c1-8(2)16(5-4-9(11)12)6-10-13-7-14-15(10)3/h7-8H,4-6H2,1-3H3,(H3,11,12). The van der Waals surface area contributed by atoms with Crippen LogP contribution in [-0.2, 0) is 13.6 Å². The molecule has 0 bridgehead atoms. The van der Waals surface area contributed by atoms with Gasteiger partial charge in [0.05, 0.1) is 12.4 Å². The van der Waals surface area contributed by atoms with Crippen LogP contribution in [0.1, 0.15) is 26.1 Å². The van der Waals surface area contributed by atoms with Crippen LogP contribution in [0, 0.1) is 5.41 Å². The fraction of sp³-hybridized carbons (Fsp3) is 0.700. The van der Waals surface area contributed by atoms with E-state index >= 15 is 0 Å². The first kappa shape index (κ1) is 12.6. The molecule has 90 valence electrons. The van der Waals surface area contributed by atoms with Crippen LogP contribution in [0.3, 0.4) is 0 Å². The molecule has 0 aliphatic carbocycles. The SMILES string of the molecule is CC(C)N(CCC(=N)N)Cc1ncnn1C. The van der Waals surface area contributed by atoms with Gasteiger partial charge < -0.3 is 5.73 Å². The summed E-state index contributed by atoms with van der Waals surface area (Å²) in [5.41, 5.74) is 5.37. The molecule has 0 radical (unpaired) electrons. The molecule has 6 nitrogen and oxygen atoms in total. The molecule has 3 N–H and O–H groups in total. The van der Waals surface area contributed by atoms with E-state index in [4.69, 9.17) is 11.1 Å². The molecule has 16 heavy (non-hydrogen) atoms. The molecule has 0 spiro atoms. The molecule has 0 aliphatic rings. The Kier molecular flexibility index (Phi) is 4.42. The number of nitrogens with two attached hydrogens (primary N) is 1. The highest BCUT2D eigenvalue weighted by atomic mass is 15.3. The average Bonchev–Trinajstić information content (AvgIpc) is 2.58. The van der Waals surface area contributed by atoms with E-state index in [-0.39, 0.29) is 5.84 Å². The Hall–Kier alpha value is -1.43. The predicted octanol–water partition coefficient (Wildman–Crippen LogP) is 0.352. The van der Waals surface area contributed by atoms with Crippen LogP contribution in [0.15, 0.2) is 6.33 Å². The Bertz CT molecular complexity index is 343. The van der Waals surface area contributed by atoms with Gasteiger partial charge in [-0.2, -0.15) is 5.10 Å². The first-order chi connectivity index (χ1) is 7.50. The molecule has 0 aliphatic heterocycles. The van der Waals surface area contributed by atoms with E-state index in [1.807, 2.05) is 7.05 Å². The van der Waals surface area contributed by atoms with Crippen LogP contribution < -0.4 is 5.73 Å². The van der Waals surface area contributed by atoms with Crippen LogP contribution in [0.5, 0.6) is 0 Å². The zero-order valence-corrected chi connectivity index (χ0v) is 10.1. The number of aryl methyl sites for hydroxylation is 1. The third kappa shape index (κ3) is 3.62. The highest BCUT2D eigenvalue weighted by Crippen LogP contribution is 2.05. The lowest BCUT2D eigenvalue weighted by Crippen LogP contribution is -2.34. The number of hydrogen-bond acceptors (Lipinski definition) is 4. The first-order valence-corrected chi connectivity index (χ1v) is 5.40. The Morgan fingerprint density at radius 3 is 2.75 bits per heavy atom. The van der Waals surface area contributed by atoms with Gasteiger partial charge in [0.25, 0.3) is 0 Å². The molecule has 0 saturated carbocycles. The van der Waals surface area contributed by atoms with Gasteiger partial charge in [0.1, 0.15) is 12.2 Å². The van der Waals surface area contributed by atoms with E-state index in [1.165, 1.54) is 0 Å². The smallest absolute Gasteiger partial charge is 0.140 e. The van der Waals surface area contributed by atoms with Gasteiger partial charge in [0.2, 0.25) is 0 Å². The van der Waals surface area contributed by atoms with Crippen LogP contribution >= 0.6 is 0 Å². The van der Waals surface area contributed by atoms with Crippen molar-refractivity contribution in [3.8, 4) is 0 Å². The van der Waals surface area contributed by atoms with E-state index in [2.05, 4.69) is 28.8 Å². The monoisotopic (exact) mass is 224 g/mol. The van der Waals surface area contributed by atoms with Crippen molar-refractivity contribution in [1.82, 2.24) is 19.7 Å². The summed E-state index contributed by atoms with van der Waals surface area (Å²) in [6.45, 7) is 5.76. The minimum absolute atomic E-state index is 0.226. The molecule has 0 aromatic carbocycles. The van der Waals surface area contributed by atoms with Gasteiger partial charge in [0, 0.05) is 26.1 Å². The summed E-state index contributed by atoms with van der Waals surface area (Å²) in [5, 5.41) is 11.3. The second-order valence-electron chi connectivity index (χ2n) is 4.14. The van der Waals surface area contributed by atoms with Crippen molar-refractivity contribution in [1.29, 1.82) is 5.41 Å². The van der Waals surface area contributed by atoms with Crippen LogP contribution in [0.4, 0.5) is 0 Å². The highest BCUT2D eigenvalue weighted by Gasteiger charge is 2.13. The van der Waals surface area contributed by atoms with E-state index in [1.54, 1.807) is 11.0 Å². The molecule has 1 rings (SSSR count). The maximum Gasteiger partial charge on any atom is 0.140 e. The van der Waals surface area contributed by atoms with Gasteiger partial charge in [-0.05, 0) is 13.8 Å². The number of hydrogen-bond donors (Lipinski definition) is 2. The van der Waals surface area contributed by atoms with Crippen LogP contribution in [0.2, 0.25) is 0 Å². The van der Waals surface area contributed by atoms with Crippen molar-refractivity contribution in [2.24, 2.45) is 12.8 Å². The lowest BCUT2D eigenvalue weighted by Gasteiger charge is -2.25. The Morgan fingerprint density at radius 1 is 1.62 bits per heavy atom. The van der Waals surface area contributed by atoms with Crippen LogP contribution in [-0.4, -0.2) is 38.1 Å². The second-order valence-corrected chi connectivity index (χ2v) is 4.14. The Morgan fingerprint density at radius 2 is 2.31 bits per heavy atom. The van der Waals surface area contributed by atoms with Gasteiger partial charge in [-0.25, -0.2) is 4.98 Å². The second kappa shape index (κ2) is 5.60. The van der Waals surface area contributed by atoms with Gasteiger partial charge in [0.15, 0.2) is 0 Å². The highest BCUT2D eigenvalue weighted by molar-refractivity contribution is 5.76. The molecule has 0 unspecified atom stereocenters. The molecule has 1 aromatic rings. The molecular weight excluding hydrogens is 204 g/mol. The lowest BCUT2D eigenvalue weighted by molar-refractivity contribution is 0.210. The van der Waals surface area contributed by atoms with Gasteiger partial charge in [-0.1, -0.05) is 0 Å². The zero-order chi connectivity index (χ0) is 12.1. The zero-order valence-electron chi connectivity index (χ0n) is 10.1. The van der Waals surface area contributed by atoms with E-state index < -0.39 is 0 Å². The fourth-order valence-electron chi connectivity index (χ4n) is 1.43. The Balaban J connectivity index is 2.58. The largest absolute Gasteiger partial charge is 0.388 e. The fourth-order valence-corrected chi connectivity index (χ4v) is 1.43. The molecule has 0 saturated heterocycles. The minimum atomic E-state index is 0.226. The molecule has 0 amide bonds. The lowest BCUT2D eigenvalue weighted by atomic mass is 10.2. The van der Waals surface area contributed by atoms with Crippen molar-refractivity contribution >= 4 is 5.84 Å². The molecular formula is C10H20N6. The van der Waals surface area contributed by atoms with Crippen molar-refractivity contribution in [2.45, 2.75) is 32.9 Å². The summed E-state index contributed by atoms with van der Waals surface area (Å²) in [5.74, 6) is 1.15. The van der Waals surface area contributed by atoms with Crippen molar-refractivity contribution in [2.75, 3.05) is 6.54 Å². The average molecular weight is 224 g/mol. The maximum atomic E-state index is 7.24. The number of nitrogens with one attached hydrogen (secondary N) is 1. The molecule has 1 aromatic heterocycles. The number of nitrogens with zero attached hydrogens (tertiary/aromatic N) is 4. The normalized spacial score (nSPS) is 11.3. The summed E-state index contributed by atoms with van der Waals surface area (Å²) < 4.78 is 1.77. The van der Waals surface area contributed by atoms with Gasteiger partial charge in [-0.15, -0.1) is 0 Å².